The lowest BCUT2D eigenvalue weighted by atomic mass is 10.1. The van der Waals surface area contributed by atoms with Crippen LogP contribution in [0.2, 0.25) is 0 Å². The third-order valence-corrected chi connectivity index (χ3v) is 1.87. The number of carbonyl (C=O) groups excluding carboxylic acids is 1. The maximum Gasteiger partial charge on any atom is 0.251 e. The molecule has 3 heteroatoms. The molecule has 0 aliphatic carbocycles. The number of benzene rings is 1. The van der Waals surface area contributed by atoms with Gasteiger partial charge in [-0.1, -0.05) is 17.7 Å². The number of rotatable bonds is 4. The predicted molar refractivity (Wildman–Crippen MR) is 55.4 cm³/mol. The van der Waals surface area contributed by atoms with E-state index in [0.29, 0.717) is 18.7 Å². The van der Waals surface area contributed by atoms with Crippen molar-refractivity contribution in [3.63, 3.8) is 0 Å². The van der Waals surface area contributed by atoms with Gasteiger partial charge in [0.05, 0.1) is 6.61 Å². The highest BCUT2D eigenvalue weighted by atomic mass is 16.5. The number of carbonyl (C=O) groups is 1. The van der Waals surface area contributed by atoms with E-state index < -0.39 is 0 Å². The van der Waals surface area contributed by atoms with Crippen molar-refractivity contribution in [2.75, 3.05) is 20.3 Å². The summed E-state index contributed by atoms with van der Waals surface area (Å²) in [5, 5.41) is 2.76. The molecule has 3 nitrogen and oxygen atoms in total. The molecular formula is C11H15NO2. The largest absolute Gasteiger partial charge is 0.383 e. The number of ether oxygens (including phenoxy) is 1. The van der Waals surface area contributed by atoms with Gasteiger partial charge in [-0.05, 0) is 19.1 Å². The molecular weight excluding hydrogens is 178 g/mol. The minimum Gasteiger partial charge on any atom is -0.383 e. The van der Waals surface area contributed by atoms with Crippen LogP contribution in [0.1, 0.15) is 15.9 Å². The molecule has 0 aliphatic heterocycles. The summed E-state index contributed by atoms with van der Waals surface area (Å²) in [5.41, 5.74) is 1.78. The summed E-state index contributed by atoms with van der Waals surface area (Å²) in [4.78, 5) is 11.5. The van der Waals surface area contributed by atoms with Crippen molar-refractivity contribution in [3.05, 3.63) is 35.4 Å². The molecule has 0 heterocycles. The average Bonchev–Trinajstić information content (AvgIpc) is 2.18. The average molecular weight is 193 g/mol. The molecule has 76 valence electrons. The van der Waals surface area contributed by atoms with Crippen molar-refractivity contribution < 1.29 is 9.53 Å². The van der Waals surface area contributed by atoms with Gasteiger partial charge in [0.1, 0.15) is 0 Å². The Labute approximate surface area is 84.1 Å². The van der Waals surface area contributed by atoms with Gasteiger partial charge >= 0.3 is 0 Å². The monoisotopic (exact) mass is 193 g/mol. The van der Waals surface area contributed by atoms with E-state index in [9.17, 15) is 4.79 Å². The second kappa shape index (κ2) is 5.40. The maximum absolute atomic E-state index is 11.5. The first-order valence-corrected chi connectivity index (χ1v) is 4.58. The SMILES string of the molecule is COCCNC(=O)c1cccc(C)c1. The zero-order valence-corrected chi connectivity index (χ0v) is 8.54. The van der Waals surface area contributed by atoms with Crippen LogP contribution in [0, 0.1) is 6.92 Å². The van der Waals surface area contributed by atoms with Gasteiger partial charge < -0.3 is 10.1 Å². The topological polar surface area (TPSA) is 38.3 Å². The van der Waals surface area contributed by atoms with Crippen molar-refractivity contribution in [2.24, 2.45) is 0 Å². The van der Waals surface area contributed by atoms with Gasteiger partial charge in [0.15, 0.2) is 0 Å². The van der Waals surface area contributed by atoms with Crippen molar-refractivity contribution in [1.29, 1.82) is 0 Å². The number of methoxy groups -OCH3 is 1. The number of nitrogens with one attached hydrogen (secondary N) is 1. The van der Waals surface area contributed by atoms with E-state index in [1.807, 2.05) is 25.1 Å². The Morgan fingerprint density at radius 2 is 2.29 bits per heavy atom. The normalized spacial score (nSPS) is 9.86. The summed E-state index contributed by atoms with van der Waals surface area (Å²) >= 11 is 0. The van der Waals surface area contributed by atoms with E-state index >= 15 is 0 Å². The fourth-order valence-corrected chi connectivity index (χ4v) is 1.15. The van der Waals surface area contributed by atoms with Crippen LogP contribution >= 0.6 is 0 Å². The van der Waals surface area contributed by atoms with Gasteiger partial charge in [0.2, 0.25) is 0 Å². The Bertz CT molecular complexity index is 310. The Kier molecular flexibility index (Phi) is 4.13. The molecule has 0 spiro atoms. The highest BCUT2D eigenvalue weighted by molar-refractivity contribution is 5.94. The summed E-state index contributed by atoms with van der Waals surface area (Å²) in [6, 6.07) is 7.50. The van der Waals surface area contributed by atoms with Crippen LogP contribution < -0.4 is 5.32 Å². The molecule has 1 aromatic rings. The Balaban J connectivity index is 2.52. The molecule has 1 N–H and O–H groups in total. The first kappa shape index (κ1) is 10.7. The molecule has 0 saturated heterocycles. The molecule has 1 amide bonds. The maximum atomic E-state index is 11.5. The number of hydrogen-bond acceptors (Lipinski definition) is 2. The molecule has 14 heavy (non-hydrogen) atoms. The lowest BCUT2D eigenvalue weighted by Crippen LogP contribution is -2.26. The predicted octanol–water partition coefficient (Wildman–Crippen LogP) is 1.37. The van der Waals surface area contributed by atoms with Crippen LogP contribution in [0.25, 0.3) is 0 Å². The summed E-state index contributed by atoms with van der Waals surface area (Å²) in [7, 11) is 1.61. The summed E-state index contributed by atoms with van der Waals surface area (Å²) < 4.78 is 4.84. The molecule has 0 aromatic heterocycles. The standard InChI is InChI=1S/C11H15NO2/c1-9-4-3-5-10(8-9)11(13)12-6-7-14-2/h3-5,8H,6-7H2,1-2H3,(H,12,13). The van der Waals surface area contributed by atoms with E-state index in [2.05, 4.69) is 5.32 Å². The zero-order chi connectivity index (χ0) is 10.4. The van der Waals surface area contributed by atoms with Gasteiger partial charge in [0, 0.05) is 19.2 Å². The van der Waals surface area contributed by atoms with Crippen molar-refractivity contribution in [1.82, 2.24) is 5.32 Å². The quantitative estimate of drug-likeness (QED) is 0.733. The first-order valence-electron chi connectivity index (χ1n) is 4.58. The summed E-state index contributed by atoms with van der Waals surface area (Å²) in [6.45, 7) is 3.05. The second-order valence-corrected chi connectivity index (χ2v) is 3.12. The summed E-state index contributed by atoms with van der Waals surface area (Å²) in [6.07, 6.45) is 0. The summed E-state index contributed by atoms with van der Waals surface area (Å²) in [5.74, 6) is -0.0502. The Morgan fingerprint density at radius 3 is 2.93 bits per heavy atom. The molecule has 0 bridgehead atoms. The Hall–Kier alpha value is -1.35. The van der Waals surface area contributed by atoms with Crippen LogP contribution in [0.4, 0.5) is 0 Å². The highest BCUT2D eigenvalue weighted by Crippen LogP contribution is 2.03. The van der Waals surface area contributed by atoms with Gasteiger partial charge in [0.25, 0.3) is 5.91 Å². The smallest absolute Gasteiger partial charge is 0.251 e. The van der Waals surface area contributed by atoms with E-state index in [0.717, 1.165) is 5.56 Å². The molecule has 1 rings (SSSR count). The first-order chi connectivity index (χ1) is 6.74. The van der Waals surface area contributed by atoms with Crippen LogP contribution in [0.3, 0.4) is 0 Å². The van der Waals surface area contributed by atoms with Gasteiger partial charge in [-0.3, -0.25) is 4.79 Å². The van der Waals surface area contributed by atoms with E-state index in [-0.39, 0.29) is 5.91 Å². The van der Waals surface area contributed by atoms with Gasteiger partial charge in [-0.2, -0.15) is 0 Å². The minimum absolute atomic E-state index is 0.0502. The number of amides is 1. The minimum atomic E-state index is -0.0502. The van der Waals surface area contributed by atoms with E-state index in [4.69, 9.17) is 4.74 Å². The fourth-order valence-electron chi connectivity index (χ4n) is 1.15. The molecule has 0 atom stereocenters. The second-order valence-electron chi connectivity index (χ2n) is 3.12. The lowest BCUT2D eigenvalue weighted by Gasteiger charge is -2.04. The van der Waals surface area contributed by atoms with Crippen LogP contribution in [0.15, 0.2) is 24.3 Å². The van der Waals surface area contributed by atoms with Gasteiger partial charge in [-0.15, -0.1) is 0 Å². The highest BCUT2D eigenvalue weighted by Gasteiger charge is 2.03. The molecule has 0 aliphatic rings. The fraction of sp³-hybridized carbons (Fsp3) is 0.364. The third kappa shape index (κ3) is 3.18. The van der Waals surface area contributed by atoms with Crippen molar-refractivity contribution >= 4 is 5.91 Å². The third-order valence-electron chi connectivity index (χ3n) is 1.87. The molecule has 0 fully saturated rings. The zero-order valence-electron chi connectivity index (χ0n) is 8.54. The molecule has 0 radical (unpaired) electrons. The number of hydrogen-bond donors (Lipinski definition) is 1. The van der Waals surface area contributed by atoms with Crippen molar-refractivity contribution in [2.45, 2.75) is 6.92 Å². The van der Waals surface area contributed by atoms with Gasteiger partial charge in [-0.25, -0.2) is 0 Å². The Morgan fingerprint density at radius 1 is 1.50 bits per heavy atom. The van der Waals surface area contributed by atoms with Crippen LogP contribution in [-0.2, 0) is 4.74 Å². The molecule has 1 aromatic carbocycles. The van der Waals surface area contributed by atoms with Crippen LogP contribution in [0.5, 0.6) is 0 Å². The molecule has 0 saturated carbocycles. The lowest BCUT2D eigenvalue weighted by molar-refractivity contribution is 0.0937. The molecule has 0 unspecified atom stereocenters. The van der Waals surface area contributed by atoms with E-state index in [1.54, 1.807) is 13.2 Å². The van der Waals surface area contributed by atoms with Crippen molar-refractivity contribution in [3.8, 4) is 0 Å². The van der Waals surface area contributed by atoms with E-state index in [1.165, 1.54) is 0 Å². The van der Waals surface area contributed by atoms with Crippen LogP contribution in [-0.4, -0.2) is 26.2 Å². The number of aryl methyl sites for hydroxylation is 1.